The van der Waals surface area contributed by atoms with Crippen LogP contribution < -0.4 is 5.32 Å². The van der Waals surface area contributed by atoms with Gasteiger partial charge in [0.25, 0.3) is 5.69 Å². The molecule has 0 aliphatic heterocycles. The summed E-state index contributed by atoms with van der Waals surface area (Å²) in [4.78, 5) is 11.4. The summed E-state index contributed by atoms with van der Waals surface area (Å²) in [6, 6.07) is 17.1. The Bertz CT molecular complexity index is 575. The van der Waals surface area contributed by atoms with E-state index in [2.05, 4.69) is 17.4 Å². The van der Waals surface area contributed by atoms with Gasteiger partial charge in [-0.15, -0.1) is 11.8 Å². The number of benzene rings is 2. The van der Waals surface area contributed by atoms with Crippen LogP contribution in [-0.4, -0.2) is 17.7 Å². The summed E-state index contributed by atoms with van der Waals surface area (Å²) in [7, 11) is 1.90. The normalized spacial score (nSPS) is 12.1. The topological polar surface area (TPSA) is 55.2 Å². The van der Waals surface area contributed by atoms with Crippen LogP contribution in [0.1, 0.15) is 11.6 Å². The lowest BCUT2D eigenvalue weighted by atomic mass is 10.1. The average Bonchev–Trinajstić information content (AvgIpc) is 2.49. The van der Waals surface area contributed by atoms with Crippen LogP contribution in [0.25, 0.3) is 0 Å². The second-order valence-corrected chi connectivity index (χ2v) is 5.35. The summed E-state index contributed by atoms with van der Waals surface area (Å²) < 4.78 is 0. The number of rotatable bonds is 6. The largest absolute Gasteiger partial charge is 0.312 e. The van der Waals surface area contributed by atoms with Gasteiger partial charge in [-0.1, -0.05) is 42.5 Å². The second-order valence-electron chi connectivity index (χ2n) is 4.29. The van der Waals surface area contributed by atoms with Gasteiger partial charge in [-0.3, -0.25) is 10.1 Å². The molecule has 0 bridgehead atoms. The molecule has 0 spiro atoms. The number of nitrogens with zero attached hydrogens (tertiary/aromatic N) is 1. The van der Waals surface area contributed by atoms with E-state index in [1.807, 2.05) is 31.3 Å². The van der Waals surface area contributed by atoms with Crippen LogP contribution in [0.5, 0.6) is 0 Å². The molecule has 0 fully saturated rings. The average molecular weight is 288 g/mol. The SMILES string of the molecule is CNC(CSc1ccccc1[N+](=O)[O-])c1ccccc1. The van der Waals surface area contributed by atoms with Crippen LogP contribution in [0, 0.1) is 10.1 Å². The first-order chi connectivity index (χ1) is 9.72. The van der Waals surface area contributed by atoms with E-state index in [9.17, 15) is 10.1 Å². The molecule has 0 saturated carbocycles. The Morgan fingerprint density at radius 3 is 2.45 bits per heavy atom. The Hall–Kier alpha value is -1.85. The molecule has 5 heteroatoms. The molecule has 20 heavy (non-hydrogen) atoms. The highest BCUT2D eigenvalue weighted by Gasteiger charge is 2.15. The van der Waals surface area contributed by atoms with E-state index in [1.165, 1.54) is 17.3 Å². The third kappa shape index (κ3) is 3.59. The highest BCUT2D eigenvalue weighted by atomic mass is 32.2. The zero-order chi connectivity index (χ0) is 14.4. The van der Waals surface area contributed by atoms with Gasteiger partial charge in [-0.2, -0.15) is 0 Å². The number of para-hydroxylation sites is 1. The van der Waals surface area contributed by atoms with Crippen LogP contribution in [-0.2, 0) is 0 Å². The molecule has 2 rings (SSSR count). The molecule has 2 aromatic rings. The van der Waals surface area contributed by atoms with E-state index >= 15 is 0 Å². The van der Waals surface area contributed by atoms with Crippen molar-refractivity contribution in [2.75, 3.05) is 12.8 Å². The molecule has 1 atom stereocenters. The van der Waals surface area contributed by atoms with Crippen molar-refractivity contribution >= 4 is 17.4 Å². The van der Waals surface area contributed by atoms with Gasteiger partial charge in [0.2, 0.25) is 0 Å². The highest BCUT2D eigenvalue weighted by Crippen LogP contribution is 2.31. The van der Waals surface area contributed by atoms with Gasteiger partial charge in [0.05, 0.1) is 9.82 Å². The zero-order valence-corrected chi connectivity index (χ0v) is 12.0. The maximum atomic E-state index is 11.0. The second kappa shape index (κ2) is 7.07. The maximum absolute atomic E-state index is 11.0. The number of hydrogen-bond donors (Lipinski definition) is 1. The fraction of sp³-hybridized carbons (Fsp3) is 0.200. The molecule has 0 aliphatic carbocycles. The Balaban J connectivity index is 2.10. The summed E-state index contributed by atoms with van der Waals surface area (Å²) in [6.07, 6.45) is 0. The molecule has 0 saturated heterocycles. The van der Waals surface area contributed by atoms with E-state index in [4.69, 9.17) is 0 Å². The zero-order valence-electron chi connectivity index (χ0n) is 11.2. The molecular weight excluding hydrogens is 272 g/mol. The molecule has 2 aromatic carbocycles. The number of nitro groups is 1. The maximum Gasteiger partial charge on any atom is 0.282 e. The smallest absolute Gasteiger partial charge is 0.282 e. The lowest BCUT2D eigenvalue weighted by Crippen LogP contribution is -2.18. The van der Waals surface area contributed by atoms with Gasteiger partial charge in [-0.25, -0.2) is 0 Å². The molecule has 4 nitrogen and oxygen atoms in total. The number of thioether (sulfide) groups is 1. The van der Waals surface area contributed by atoms with Crippen LogP contribution in [0.2, 0.25) is 0 Å². The lowest BCUT2D eigenvalue weighted by Gasteiger charge is -2.16. The van der Waals surface area contributed by atoms with E-state index in [1.54, 1.807) is 18.2 Å². The van der Waals surface area contributed by atoms with E-state index in [0.29, 0.717) is 4.90 Å². The van der Waals surface area contributed by atoms with Gasteiger partial charge in [-0.05, 0) is 18.7 Å². The molecule has 0 radical (unpaired) electrons. The third-order valence-electron chi connectivity index (χ3n) is 3.02. The predicted octanol–water partition coefficient (Wildman–Crippen LogP) is 3.65. The van der Waals surface area contributed by atoms with Crippen molar-refractivity contribution in [2.24, 2.45) is 0 Å². The molecule has 104 valence electrons. The van der Waals surface area contributed by atoms with Crippen molar-refractivity contribution in [1.82, 2.24) is 5.32 Å². The lowest BCUT2D eigenvalue weighted by molar-refractivity contribution is -0.387. The summed E-state index contributed by atoms with van der Waals surface area (Å²) in [6.45, 7) is 0. The van der Waals surface area contributed by atoms with Crippen molar-refractivity contribution in [1.29, 1.82) is 0 Å². The monoisotopic (exact) mass is 288 g/mol. The van der Waals surface area contributed by atoms with E-state index in [0.717, 1.165) is 5.75 Å². The first-order valence-corrected chi connectivity index (χ1v) is 7.29. The van der Waals surface area contributed by atoms with Crippen LogP contribution in [0.3, 0.4) is 0 Å². The van der Waals surface area contributed by atoms with Crippen LogP contribution in [0.15, 0.2) is 59.5 Å². The Morgan fingerprint density at radius 2 is 1.80 bits per heavy atom. The van der Waals surface area contributed by atoms with Crippen molar-refractivity contribution in [3.63, 3.8) is 0 Å². The van der Waals surface area contributed by atoms with Gasteiger partial charge in [0.15, 0.2) is 0 Å². The predicted molar refractivity (Wildman–Crippen MR) is 82.1 cm³/mol. The van der Waals surface area contributed by atoms with Gasteiger partial charge >= 0.3 is 0 Å². The molecule has 0 amide bonds. The van der Waals surface area contributed by atoms with Crippen molar-refractivity contribution in [2.45, 2.75) is 10.9 Å². The summed E-state index contributed by atoms with van der Waals surface area (Å²) >= 11 is 1.50. The molecule has 1 N–H and O–H groups in total. The molecule has 0 aromatic heterocycles. The van der Waals surface area contributed by atoms with Crippen molar-refractivity contribution < 1.29 is 4.92 Å². The molecular formula is C15H16N2O2S. The first kappa shape index (κ1) is 14.6. The summed E-state index contributed by atoms with van der Waals surface area (Å²) in [5, 5.41) is 14.2. The third-order valence-corrected chi connectivity index (χ3v) is 4.17. The van der Waals surface area contributed by atoms with Crippen LogP contribution in [0.4, 0.5) is 5.69 Å². The standard InChI is InChI=1S/C15H16N2O2S/c1-16-13(12-7-3-2-4-8-12)11-20-15-10-6-5-9-14(15)17(18)19/h2-10,13,16H,11H2,1H3. The summed E-state index contributed by atoms with van der Waals surface area (Å²) in [5.41, 5.74) is 1.35. The fourth-order valence-electron chi connectivity index (χ4n) is 1.93. The van der Waals surface area contributed by atoms with Gasteiger partial charge in [0, 0.05) is 17.9 Å². The minimum Gasteiger partial charge on any atom is -0.312 e. The minimum absolute atomic E-state index is 0.167. The molecule has 0 aliphatic rings. The molecule has 1 unspecified atom stereocenters. The fourth-order valence-corrected chi connectivity index (χ4v) is 3.11. The minimum atomic E-state index is -0.334. The first-order valence-electron chi connectivity index (χ1n) is 6.31. The van der Waals surface area contributed by atoms with Gasteiger partial charge in [0.1, 0.15) is 0 Å². The van der Waals surface area contributed by atoms with Crippen molar-refractivity contribution in [3.8, 4) is 0 Å². The van der Waals surface area contributed by atoms with E-state index < -0.39 is 0 Å². The Labute approximate surface area is 122 Å². The van der Waals surface area contributed by atoms with E-state index in [-0.39, 0.29) is 16.7 Å². The van der Waals surface area contributed by atoms with Crippen molar-refractivity contribution in [3.05, 3.63) is 70.3 Å². The molecule has 0 heterocycles. The van der Waals surface area contributed by atoms with Gasteiger partial charge < -0.3 is 5.32 Å². The quantitative estimate of drug-likeness (QED) is 0.501. The number of nitrogens with one attached hydrogen (secondary N) is 1. The Morgan fingerprint density at radius 1 is 1.15 bits per heavy atom. The summed E-state index contributed by atoms with van der Waals surface area (Å²) in [5.74, 6) is 0.741. The number of nitro benzene ring substituents is 1. The number of hydrogen-bond acceptors (Lipinski definition) is 4. The highest BCUT2D eigenvalue weighted by molar-refractivity contribution is 7.99. The Kier molecular flexibility index (Phi) is 5.15. The van der Waals surface area contributed by atoms with Crippen LogP contribution >= 0.6 is 11.8 Å².